The maximum atomic E-state index is 10.9. The van der Waals surface area contributed by atoms with E-state index in [1.807, 2.05) is 48.5 Å². The topological polar surface area (TPSA) is 337 Å². The molecule has 0 aliphatic heterocycles. The molecule has 0 amide bonds. The number of anilines is 3. The molecule has 0 atom stereocenters. The summed E-state index contributed by atoms with van der Waals surface area (Å²) in [4.78, 5) is 60.3. The van der Waals surface area contributed by atoms with Crippen LogP contribution in [-0.4, -0.2) is 103 Å². The van der Waals surface area contributed by atoms with Gasteiger partial charge in [-0.25, -0.2) is 34.9 Å². The number of ether oxygens (including phenoxy) is 4. The maximum Gasteiger partial charge on any atom is 0.252 e. The van der Waals surface area contributed by atoms with E-state index in [9.17, 15) is 4.79 Å². The number of H-pyrrole nitrogens is 1. The van der Waals surface area contributed by atoms with Gasteiger partial charge in [-0.1, -0.05) is 47.5 Å². The Morgan fingerprint density at radius 1 is 0.526 bits per heavy atom. The maximum absolute atomic E-state index is 10.9. The number of methoxy groups -OCH3 is 2. The monoisotopic (exact) mass is 1120 g/mol. The van der Waals surface area contributed by atoms with E-state index in [0.717, 1.165) is 22.6 Å². The number of nitrogens with zero attached hydrogens (tertiary/aromatic N) is 12. The molecule has 10 N–H and O–H groups in total. The highest BCUT2D eigenvalue weighted by Gasteiger charge is 2.05. The van der Waals surface area contributed by atoms with Crippen molar-refractivity contribution in [2.24, 2.45) is 32.2 Å². The predicted molar refractivity (Wildman–Crippen MR) is 299 cm³/mol. The van der Waals surface area contributed by atoms with E-state index in [0.29, 0.717) is 70.6 Å². The summed E-state index contributed by atoms with van der Waals surface area (Å²) in [5.74, 6) is 5.28. The molecule has 0 spiro atoms. The second-order valence-corrected chi connectivity index (χ2v) is 15.0. The van der Waals surface area contributed by atoms with Gasteiger partial charge in [0, 0.05) is 70.3 Å². The van der Waals surface area contributed by atoms with Crippen LogP contribution < -0.4 is 57.7 Å². The molecule has 2 aromatic carbocycles. The lowest BCUT2D eigenvalue weighted by Crippen LogP contribution is -2.16. The highest BCUT2D eigenvalue weighted by atomic mass is 35.5. The van der Waals surface area contributed by atoms with Crippen LogP contribution in [0.1, 0.15) is 11.1 Å². The Kier molecular flexibility index (Phi) is 29.1. The van der Waals surface area contributed by atoms with Gasteiger partial charge in [0.25, 0.3) is 5.56 Å². The molecule has 0 aliphatic carbocycles. The molecule has 0 fully saturated rings. The third-order valence-electron chi connectivity index (χ3n) is 8.42. The number of nitrogens with one attached hydrogen (secondary N) is 4. The molecule has 398 valence electrons. The summed E-state index contributed by atoms with van der Waals surface area (Å²) in [5.41, 5.74) is 17.6. The molecular weight excluding hydrogens is 1060 g/mol. The minimum absolute atomic E-state index is 0.178. The summed E-state index contributed by atoms with van der Waals surface area (Å²) in [6, 6.07) is 23.1. The molecule has 0 saturated carbocycles. The van der Waals surface area contributed by atoms with Gasteiger partial charge in [0.2, 0.25) is 40.2 Å². The third kappa shape index (κ3) is 25.6. The second kappa shape index (κ2) is 36.0. The van der Waals surface area contributed by atoms with Crippen LogP contribution in [0.3, 0.4) is 0 Å². The summed E-state index contributed by atoms with van der Waals surface area (Å²) in [6.07, 6.45) is 16.5. The molecule has 0 bridgehead atoms. The van der Waals surface area contributed by atoms with E-state index in [4.69, 9.17) is 82.6 Å². The summed E-state index contributed by atoms with van der Waals surface area (Å²) >= 11 is 22.1. The van der Waals surface area contributed by atoms with Crippen molar-refractivity contribution in [3.63, 3.8) is 0 Å². The molecule has 0 radical (unpaired) electrons. The van der Waals surface area contributed by atoms with Gasteiger partial charge in [-0.15, -0.1) is 0 Å². The van der Waals surface area contributed by atoms with Crippen molar-refractivity contribution in [2.75, 3.05) is 51.3 Å². The summed E-state index contributed by atoms with van der Waals surface area (Å²) in [5, 5.41) is 9.67. The lowest BCUT2D eigenvalue weighted by Gasteiger charge is -2.08. The van der Waals surface area contributed by atoms with Crippen LogP contribution in [0.4, 0.5) is 17.8 Å². The first-order valence-electron chi connectivity index (χ1n) is 21.7. The molecule has 0 unspecified atom stereocenters. The predicted octanol–water partition coefficient (Wildman–Crippen LogP) is 7.20. The standard InChI is InChI=1S/C16H19N5O2.C12H11ClN2O2.C8H10ClN5.C8H11N5O.C4H2Cl2N2/c1-18-14(7-9-17)20-16-19-10-8-15(21-16)23-11-12-3-5-13(22-2)6-4-12;1-16-10-4-2-9(3-5-10)8-17-11-6-7-14-12(13)15-11;1-11-7(2-4-10)14-8-12-5-3-6(9)13-8;1-10-6(2-4-9)12-8-11-5-3-7(14)13-8;5-3-1-2-7-4(6)8-3/h3-10H,11,17H2,1-2H3,(H,18,19,20,21);2-7H,8H2,1H3;2-5H,10H2,1H3,(H,11,12,13,14);2-5H,9H2,1H3,(H2,10,11,12,13,14);1-2H. The Bertz CT molecular complexity index is 3040. The lowest BCUT2D eigenvalue weighted by molar-refractivity contribution is 0.293. The van der Waals surface area contributed by atoms with Crippen molar-refractivity contribution in [3.05, 3.63) is 189 Å². The quantitative estimate of drug-likeness (QED) is 0.0245. The average Bonchev–Trinajstić information content (AvgIpc) is 3.42. The minimum Gasteiger partial charge on any atom is -0.497 e. The van der Waals surface area contributed by atoms with Gasteiger partial charge in [-0.2, -0.15) is 9.97 Å². The first-order chi connectivity index (χ1) is 36.8. The van der Waals surface area contributed by atoms with E-state index in [-0.39, 0.29) is 16.1 Å². The van der Waals surface area contributed by atoms with Gasteiger partial charge in [0.15, 0.2) is 0 Å². The number of nitrogens with two attached hydrogens (primary N) is 3. The number of aromatic nitrogens is 10. The fraction of sp³-hybridized carbons (Fsp3) is 0.146. The highest BCUT2D eigenvalue weighted by Crippen LogP contribution is 2.16. The smallest absolute Gasteiger partial charge is 0.252 e. The van der Waals surface area contributed by atoms with Crippen LogP contribution in [-0.2, 0) is 13.2 Å². The minimum atomic E-state index is -0.227. The fourth-order valence-corrected chi connectivity index (χ4v) is 5.53. The van der Waals surface area contributed by atoms with Gasteiger partial charge in [-0.3, -0.25) is 24.8 Å². The van der Waals surface area contributed by atoms with Crippen LogP contribution in [0.2, 0.25) is 20.9 Å². The Morgan fingerprint density at radius 3 is 1.34 bits per heavy atom. The highest BCUT2D eigenvalue weighted by molar-refractivity contribution is 6.31. The number of aromatic amines is 1. The molecule has 76 heavy (non-hydrogen) atoms. The van der Waals surface area contributed by atoms with Gasteiger partial charge in [-0.05, 0) is 108 Å². The molecule has 5 heterocycles. The second-order valence-electron chi connectivity index (χ2n) is 13.6. The Balaban J connectivity index is 0.000000259. The normalized spacial score (nSPS) is 11.1. The Labute approximate surface area is 457 Å². The van der Waals surface area contributed by atoms with Gasteiger partial charge in [0.05, 0.1) is 14.2 Å². The summed E-state index contributed by atoms with van der Waals surface area (Å²) < 4.78 is 21.3. The molecule has 5 aromatic heterocycles. The SMILES string of the molecule is CN=C(C=CN)Nc1nccc(=O)[nH]1.CN=C(C=CN)Nc1nccc(Cl)n1.CN=C(C=CN)Nc1nccc(OCc2ccc(OC)cc2)n1.COc1ccc(COc2ccnc(Cl)n2)cc1.Clc1ccnc(Cl)n1. The number of benzene rings is 2. The van der Waals surface area contributed by atoms with Crippen molar-refractivity contribution in [3.8, 4) is 23.3 Å². The van der Waals surface area contributed by atoms with Crippen LogP contribution >= 0.6 is 46.4 Å². The van der Waals surface area contributed by atoms with Crippen LogP contribution in [0.25, 0.3) is 0 Å². The van der Waals surface area contributed by atoms with Crippen molar-refractivity contribution < 1.29 is 18.9 Å². The molecule has 7 rings (SSSR count). The first-order valence-corrected chi connectivity index (χ1v) is 23.2. The molecule has 0 aliphatic rings. The van der Waals surface area contributed by atoms with Crippen LogP contribution in [0, 0.1) is 0 Å². The molecule has 0 saturated heterocycles. The molecular formula is C48H53Cl4N19O5. The third-order valence-corrected chi connectivity index (χ3v) is 9.20. The Hall–Kier alpha value is -8.97. The van der Waals surface area contributed by atoms with Gasteiger partial charge < -0.3 is 52.1 Å². The van der Waals surface area contributed by atoms with E-state index < -0.39 is 0 Å². The van der Waals surface area contributed by atoms with Crippen LogP contribution in [0.15, 0.2) is 166 Å². The number of hydrogen-bond donors (Lipinski definition) is 7. The van der Waals surface area contributed by atoms with Crippen molar-refractivity contribution >= 4 is 81.8 Å². The zero-order chi connectivity index (χ0) is 55.3. The number of halogens is 4. The molecule has 7 aromatic rings. The molecule has 28 heteroatoms. The summed E-state index contributed by atoms with van der Waals surface area (Å²) in [6.45, 7) is 0.829. The van der Waals surface area contributed by atoms with Crippen LogP contribution in [0.5, 0.6) is 23.3 Å². The lowest BCUT2D eigenvalue weighted by atomic mass is 10.2. The summed E-state index contributed by atoms with van der Waals surface area (Å²) in [7, 11) is 8.14. The van der Waals surface area contributed by atoms with E-state index in [2.05, 4.69) is 80.8 Å². The van der Waals surface area contributed by atoms with Crippen molar-refractivity contribution in [1.82, 2.24) is 49.8 Å². The zero-order valence-electron chi connectivity index (χ0n) is 41.4. The van der Waals surface area contributed by atoms with E-state index >= 15 is 0 Å². The van der Waals surface area contributed by atoms with Gasteiger partial charge >= 0.3 is 0 Å². The largest absolute Gasteiger partial charge is 0.497 e. The van der Waals surface area contributed by atoms with E-state index in [1.165, 1.54) is 37.1 Å². The molecule has 24 nitrogen and oxygen atoms in total. The average molecular weight is 1120 g/mol. The number of rotatable bonds is 14. The van der Waals surface area contributed by atoms with Crippen molar-refractivity contribution in [2.45, 2.75) is 13.2 Å². The number of aliphatic imine (C=N–C) groups is 3. The fourth-order valence-electron chi connectivity index (χ4n) is 4.93. The number of hydrogen-bond acceptors (Lipinski definition) is 20. The van der Waals surface area contributed by atoms with Gasteiger partial charge in [0.1, 0.15) is 52.5 Å². The van der Waals surface area contributed by atoms with E-state index in [1.54, 1.807) is 96.4 Å². The first kappa shape index (κ1) is 61.3. The zero-order valence-corrected chi connectivity index (χ0v) is 44.4. The van der Waals surface area contributed by atoms with Crippen molar-refractivity contribution in [1.29, 1.82) is 0 Å². The number of amidine groups is 3. The Morgan fingerprint density at radius 2 is 0.934 bits per heavy atom.